The first kappa shape index (κ1) is 12.7. The molecule has 1 heterocycles. The van der Waals surface area contributed by atoms with Crippen LogP contribution in [0.25, 0.3) is 0 Å². The van der Waals surface area contributed by atoms with Gasteiger partial charge < -0.3 is 4.90 Å². The summed E-state index contributed by atoms with van der Waals surface area (Å²) < 4.78 is 0. The summed E-state index contributed by atoms with van der Waals surface area (Å²) in [6, 6.07) is 0.624. The Morgan fingerprint density at radius 3 is 2.60 bits per heavy atom. The van der Waals surface area contributed by atoms with Crippen molar-refractivity contribution in [2.24, 2.45) is 5.92 Å². The minimum absolute atomic E-state index is 0.171. The van der Waals surface area contributed by atoms with E-state index in [1.165, 1.54) is 6.42 Å². The number of carbonyl (C=O) groups excluding carboxylic acids is 1. The van der Waals surface area contributed by atoms with Crippen molar-refractivity contribution in [2.45, 2.75) is 33.2 Å². The molecular weight excluding hydrogens is 188 g/mol. The van der Waals surface area contributed by atoms with Gasteiger partial charge in [-0.1, -0.05) is 20.8 Å². The maximum atomic E-state index is 11.6. The number of likely N-dealkylation sites (N-methyl/N-ethyl adjacent to an activating group) is 1. The van der Waals surface area contributed by atoms with Gasteiger partial charge in [-0.15, -0.1) is 0 Å². The van der Waals surface area contributed by atoms with E-state index >= 15 is 0 Å². The third-order valence-electron chi connectivity index (χ3n) is 3.36. The minimum atomic E-state index is 0.171. The summed E-state index contributed by atoms with van der Waals surface area (Å²) >= 11 is 0. The van der Waals surface area contributed by atoms with Gasteiger partial charge in [0.2, 0.25) is 0 Å². The molecule has 0 aromatic heterocycles. The van der Waals surface area contributed by atoms with Crippen molar-refractivity contribution >= 4 is 5.78 Å². The zero-order valence-electron chi connectivity index (χ0n) is 10.5. The monoisotopic (exact) mass is 212 g/mol. The number of hydrogen-bond donors (Lipinski definition) is 0. The summed E-state index contributed by atoms with van der Waals surface area (Å²) in [5.74, 6) is 0.541. The van der Waals surface area contributed by atoms with Crippen LogP contribution in [0.15, 0.2) is 0 Å². The molecular formula is C12H24N2O. The highest BCUT2D eigenvalue weighted by atomic mass is 16.1. The average Bonchev–Trinajstić information content (AvgIpc) is 2.20. The molecule has 1 rings (SSSR count). The lowest BCUT2D eigenvalue weighted by atomic mass is 10.1. The summed E-state index contributed by atoms with van der Waals surface area (Å²) in [7, 11) is 2.18. The van der Waals surface area contributed by atoms with Gasteiger partial charge in [-0.25, -0.2) is 0 Å². The van der Waals surface area contributed by atoms with Crippen molar-refractivity contribution in [1.29, 1.82) is 0 Å². The molecule has 1 atom stereocenters. The SMILES string of the molecule is CCC1CN(CC(=O)C(C)C)CCN1C. The summed E-state index contributed by atoms with van der Waals surface area (Å²) in [5, 5.41) is 0. The topological polar surface area (TPSA) is 23.6 Å². The molecule has 0 aromatic carbocycles. The van der Waals surface area contributed by atoms with Crippen LogP contribution in [0.2, 0.25) is 0 Å². The Bertz CT molecular complexity index is 216. The first-order chi connectivity index (χ1) is 7.04. The largest absolute Gasteiger partial charge is 0.301 e. The Balaban J connectivity index is 2.41. The van der Waals surface area contributed by atoms with Gasteiger partial charge in [-0.3, -0.25) is 9.69 Å². The van der Waals surface area contributed by atoms with Gasteiger partial charge in [-0.05, 0) is 13.5 Å². The minimum Gasteiger partial charge on any atom is -0.301 e. The molecule has 1 fully saturated rings. The highest BCUT2D eigenvalue weighted by Crippen LogP contribution is 2.11. The fourth-order valence-corrected chi connectivity index (χ4v) is 2.00. The smallest absolute Gasteiger partial charge is 0.149 e. The Morgan fingerprint density at radius 2 is 2.07 bits per heavy atom. The maximum absolute atomic E-state index is 11.6. The molecule has 88 valence electrons. The lowest BCUT2D eigenvalue weighted by Gasteiger charge is -2.39. The molecule has 1 aliphatic rings. The molecule has 0 amide bonds. The van der Waals surface area contributed by atoms with Gasteiger partial charge in [0.15, 0.2) is 0 Å². The van der Waals surface area contributed by atoms with Gasteiger partial charge in [0.05, 0.1) is 6.54 Å². The van der Waals surface area contributed by atoms with Crippen molar-refractivity contribution in [3.8, 4) is 0 Å². The predicted octanol–water partition coefficient (Wildman–Crippen LogP) is 1.24. The van der Waals surface area contributed by atoms with Gasteiger partial charge in [0, 0.05) is 31.6 Å². The number of hydrogen-bond acceptors (Lipinski definition) is 3. The fourth-order valence-electron chi connectivity index (χ4n) is 2.00. The number of rotatable bonds is 4. The van der Waals surface area contributed by atoms with Crippen LogP contribution in [0.3, 0.4) is 0 Å². The van der Waals surface area contributed by atoms with Crippen molar-refractivity contribution in [2.75, 3.05) is 33.2 Å². The quantitative estimate of drug-likeness (QED) is 0.700. The van der Waals surface area contributed by atoms with E-state index in [9.17, 15) is 4.79 Å². The molecule has 1 unspecified atom stereocenters. The number of piperazine rings is 1. The number of carbonyl (C=O) groups is 1. The number of nitrogens with zero attached hydrogens (tertiary/aromatic N) is 2. The average molecular weight is 212 g/mol. The molecule has 0 aliphatic carbocycles. The molecule has 0 saturated carbocycles. The molecule has 3 nitrogen and oxygen atoms in total. The van der Waals surface area contributed by atoms with Gasteiger partial charge in [0.25, 0.3) is 0 Å². The van der Waals surface area contributed by atoms with E-state index in [-0.39, 0.29) is 5.92 Å². The van der Waals surface area contributed by atoms with Crippen LogP contribution in [0.5, 0.6) is 0 Å². The Hall–Kier alpha value is -0.410. The second-order valence-electron chi connectivity index (χ2n) is 4.90. The highest BCUT2D eigenvalue weighted by molar-refractivity contribution is 5.82. The molecule has 1 aliphatic heterocycles. The van der Waals surface area contributed by atoms with Crippen LogP contribution >= 0.6 is 0 Å². The normalized spacial score (nSPS) is 24.7. The van der Waals surface area contributed by atoms with Crippen molar-refractivity contribution in [1.82, 2.24) is 9.80 Å². The van der Waals surface area contributed by atoms with E-state index in [0.717, 1.165) is 19.6 Å². The van der Waals surface area contributed by atoms with Gasteiger partial charge >= 0.3 is 0 Å². The lowest BCUT2D eigenvalue weighted by molar-refractivity contribution is -0.123. The van der Waals surface area contributed by atoms with Crippen molar-refractivity contribution in [3.05, 3.63) is 0 Å². The summed E-state index contributed by atoms with van der Waals surface area (Å²) in [6.07, 6.45) is 1.17. The summed E-state index contributed by atoms with van der Waals surface area (Å²) in [6.45, 7) is 9.99. The van der Waals surface area contributed by atoms with E-state index in [1.807, 2.05) is 13.8 Å². The third kappa shape index (κ3) is 3.58. The zero-order valence-corrected chi connectivity index (χ0v) is 10.5. The molecule has 15 heavy (non-hydrogen) atoms. The van der Waals surface area contributed by atoms with Gasteiger partial charge in [-0.2, -0.15) is 0 Å². The van der Waals surface area contributed by atoms with E-state index < -0.39 is 0 Å². The zero-order chi connectivity index (χ0) is 11.4. The van der Waals surface area contributed by atoms with E-state index in [1.54, 1.807) is 0 Å². The van der Waals surface area contributed by atoms with Crippen molar-refractivity contribution in [3.63, 3.8) is 0 Å². The van der Waals surface area contributed by atoms with E-state index in [2.05, 4.69) is 23.8 Å². The first-order valence-electron chi connectivity index (χ1n) is 5.99. The Kier molecular flexibility index (Phi) is 4.74. The maximum Gasteiger partial charge on any atom is 0.149 e. The third-order valence-corrected chi connectivity index (χ3v) is 3.36. The Morgan fingerprint density at radius 1 is 1.40 bits per heavy atom. The molecule has 0 radical (unpaired) electrons. The summed E-state index contributed by atoms with van der Waals surface area (Å²) in [5.41, 5.74) is 0. The first-order valence-corrected chi connectivity index (χ1v) is 5.99. The van der Waals surface area contributed by atoms with Crippen LogP contribution in [0.4, 0.5) is 0 Å². The molecule has 0 N–H and O–H groups in total. The van der Waals surface area contributed by atoms with Crippen LogP contribution in [0.1, 0.15) is 27.2 Å². The number of ketones is 1. The predicted molar refractivity (Wildman–Crippen MR) is 63.0 cm³/mol. The van der Waals surface area contributed by atoms with Gasteiger partial charge in [0.1, 0.15) is 5.78 Å². The highest BCUT2D eigenvalue weighted by Gasteiger charge is 2.24. The number of Topliss-reactive ketones (excluding diaryl/α,β-unsaturated/α-hetero) is 1. The molecule has 0 bridgehead atoms. The second kappa shape index (κ2) is 5.61. The van der Waals surface area contributed by atoms with Crippen LogP contribution in [-0.2, 0) is 4.79 Å². The van der Waals surface area contributed by atoms with Crippen LogP contribution in [0, 0.1) is 5.92 Å². The molecule has 1 saturated heterocycles. The fraction of sp³-hybridized carbons (Fsp3) is 0.917. The van der Waals surface area contributed by atoms with E-state index in [4.69, 9.17) is 0 Å². The molecule has 0 aromatic rings. The Labute approximate surface area is 93.4 Å². The van der Waals surface area contributed by atoms with E-state index in [0.29, 0.717) is 18.4 Å². The van der Waals surface area contributed by atoms with Crippen LogP contribution < -0.4 is 0 Å². The summed E-state index contributed by atoms with van der Waals surface area (Å²) in [4.78, 5) is 16.3. The molecule has 3 heteroatoms. The lowest BCUT2D eigenvalue weighted by Crippen LogP contribution is -2.52. The van der Waals surface area contributed by atoms with Crippen molar-refractivity contribution < 1.29 is 4.79 Å². The molecule has 0 spiro atoms. The standard InChI is InChI=1S/C12H24N2O/c1-5-11-8-14(7-6-13(11)4)9-12(15)10(2)3/h10-11H,5-9H2,1-4H3. The second-order valence-corrected chi connectivity index (χ2v) is 4.90. The van der Waals surface area contributed by atoms with Crippen LogP contribution in [-0.4, -0.2) is 54.9 Å².